The molecule has 0 aliphatic carbocycles. The smallest absolute Gasteiger partial charge is 0.261 e. The van der Waals surface area contributed by atoms with Crippen molar-refractivity contribution in [3.63, 3.8) is 0 Å². The number of hydrogen-bond acceptors (Lipinski definition) is 3. The highest BCUT2D eigenvalue weighted by atomic mass is 16.5. The first-order valence-electron chi connectivity index (χ1n) is 8.42. The van der Waals surface area contributed by atoms with Crippen LogP contribution in [-0.2, 0) is 0 Å². The number of unbranched alkanes of at least 4 members (excludes halogenated alkanes) is 1. The minimum Gasteiger partial charge on any atom is -0.493 e. The van der Waals surface area contributed by atoms with Crippen LogP contribution in [0.5, 0.6) is 5.75 Å². The number of nitrogens with one attached hydrogen (secondary N) is 1. The van der Waals surface area contributed by atoms with Gasteiger partial charge in [0.1, 0.15) is 11.3 Å². The Bertz CT molecular complexity index is 739. The SMILES string of the molecule is CCCCOc1cc(C)nc(C)c1C(=O)Nc1cccc(C)c1C. The van der Waals surface area contributed by atoms with E-state index < -0.39 is 0 Å². The lowest BCUT2D eigenvalue weighted by Gasteiger charge is -2.15. The van der Waals surface area contributed by atoms with Gasteiger partial charge in [0.15, 0.2) is 0 Å². The van der Waals surface area contributed by atoms with Crippen molar-refractivity contribution >= 4 is 11.6 Å². The summed E-state index contributed by atoms with van der Waals surface area (Å²) in [7, 11) is 0. The quantitative estimate of drug-likeness (QED) is 0.780. The van der Waals surface area contributed by atoms with Crippen LogP contribution in [0, 0.1) is 27.7 Å². The fraction of sp³-hybridized carbons (Fsp3) is 0.400. The van der Waals surface area contributed by atoms with Crippen molar-refractivity contribution in [2.24, 2.45) is 0 Å². The highest BCUT2D eigenvalue weighted by Gasteiger charge is 2.18. The Labute approximate surface area is 144 Å². The Kier molecular flexibility index (Phi) is 5.96. The van der Waals surface area contributed by atoms with Crippen molar-refractivity contribution in [2.45, 2.75) is 47.5 Å². The van der Waals surface area contributed by atoms with Crippen LogP contribution in [0.2, 0.25) is 0 Å². The number of carbonyl (C=O) groups is 1. The summed E-state index contributed by atoms with van der Waals surface area (Å²) in [6, 6.07) is 7.72. The molecule has 128 valence electrons. The first-order chi connectivity index (χ1) is 11.4. The molecule has 0 saturated carbocycles. The molecular formula is C20H26N2O2. The first-order valence-corrected chi connectivity index (χ1v) is 8.42. The summed E-state index contributed by atoms with van der Waals surface area (Å²) >= 11 is 0. The van der Waals surface area contributed by atoms with Crippen LogP contribution in [0.25, 0.3) is 0 Å². The summed E-state index contributed by atoms with van der Waals surface area (Å²) in [5.74, 6) is 0.427. The summed E-state index contributed by atoms with van der Waals surface area (Å²) in [6.45, 7) is 10.5. The summed E-state index contributed by atoms with van der Waals surface area (Å²) in [5.41, 5.74) is 5.08. The van der Waals surface area contributed by atoms with Gasteiger partial charge >= 0.3 is 0 Å². The number of aryl methyl sites for hydroxylation is 3. The third-order valence-corrected chi connectivity index (χ3v) is 4.13. The number of amides is 1. The van der Waals surface area contributed by atoms with Crippen LogP contribution >= 0.6 is 0 Å². The summed E-state index contributed by atoms with van der Waals surface area (Å²) in [4.78, 5) is 17.3. The van der Waals surface area contributed by atoms with Crippen LogP contribution in [-0.4, -0.2) is 17.5 Å². The van der Waals surface area contributed by atoms with Crippen LogP contribution in [0.3, 0.4) is 0 Å². The molecule has 1 N–H and O–H groups in total. The Morgan fingerprint density at radius 1 is 1.21 bits per heavy atom. The summed E-state index contributed by atoms with van der Waals surface area (Å²) in [5, 5.41) is 3.00. The molecule has 1 aromatic heterocycles. The van der Waals surface area contributed by atoms with Gasteiger partial charge in [-0.2, -0.15) is 0 Å². The van der Waals surface area contributed by atoms with Crippen LogP contribution in [0.1, 0.15) is 52.6 Å². The highest BCUT2D eigenvalue weighted by Crippen LogP contribution is 2.25. The first kappa shape index (κ1) is 18.0. The van der Waals surface area contributed by atoms with Crippen LogP contribution < -0.4 is 10.1 Å². The molecular weight excluding hydrogens is 300 g/mol. The van der Waals surface area contributed by atoms with E-state index in [9.17, 15) is 4.79 Å². The molecule has 4 heteroatoms. The third-order valence-electron chi connectivity index (χ3n) is 4.13. The predicted molar refractivity (Wildman–Crippen MR) is 98.0 cm³/mol. The van der Waals surface area contributed by atoms with Gasteiger partial charge in [-0.1, -0.05) is 25.5 Å². The largest absolute Gasteiger partial charge is 0.493 e. The van der Waals surface area contributed by atoms with E-state index in [1.165, 1.54) is 0 Å². The fourth-order valence-corrected chi connectivity index (χ4v) is 2.58. The maximum atomic E-state index is 12.8. The van der Waals surface area contributed by atoms with Crippen LogP contribution in [0.4, 0.5) is 5.69 Å². The van der Waals surface area contributed by atoms with Gasteiger partial charge in [0.05, 0.1) is 12.3 Å². The number of carbonyl (C=O) groups excluding carboxylic acids is 1. The summed E-state index contributed by atoms with van der Waals surface area (Å²) in [6.07, 6.45) is 2.01. The van der Waals surface area contributed by atoms with Crippen molar-refractivity contribution < 1.29 is 9.53 Å². The lowest BCUT2D eigenvalue weighted by Crippen LogP contribution is -2.17. The number of hydrogen-bond donors (Lipinski definition) is 1. The molecule has 1 amide bonds. The Morgan fingerprint density at radius 2 is 1.96 bits per heavy atom. The minimum atomic E-state index is -0.180. The van der Waals surface area contributed by atoms with E-state index in [0.29, 0.717) is 23.6 Å². The number of ether oxygens (including phenoxy) is 1. The van der Waals surface area contributed by atoms with E-state index in [4.69, 9.17) is 4.74 Å². The Balaban J connectivity index is 2.32. The minimum absolute atomic E-state index is 0.180. The molecule has 1 heterocycles. The lowest BCUT2D eigenvalue weighted by atomic mass is 10.1. The normalized spacial score (nSPS) is 10.5. The van der Waals surface area contributed by atoms with Crippen molar-refractivity contribution in [2.75, 3.05) is 11.9 Å². The average Bonchev–Trinajstić information content (AvgIpc) is 2.51. The lowest BCUT2D eigenvalue weighted by molar-refractivity contribution is 0.102. The van der Waals surface area contributed by atoms with Gasteiger partial charge in [0.25, 0.3) is 5.91 Å². The number of aromatic nitrogens is 1. The molecule has 0 atom stereocenters. The van der Waals surface area contributed by atoms with Gasteiger partial charge in [-0.15, -0.1) is 0 Å². The van der Waals surface area contributed by atoms with Gasteiger partial charge in [0.2, 0.25) is 0 Å². The molecule has 0 saturated heterocycles. The van der Waals surface area contributed by atoms with Gasteiger partial charge in [-0.05, 0) is 51.3 Å². The zero-order valence-electron chi connectivity index (χ0n) is 15.2. The molecule has 2 rings (SSSR count). The average molecular weight is 326 g/mol. The molecule has 0 aliphatic heterocycles. The number of nitrogens with zero attached hydrogens (tertiary/aromatic N) is 1. The van der Waals surface area contributed by atoms with Crippen molar-refractivity contribution in [1.82, 2.24) is 4.98 Å². The predicted octanol–water partition coefficient (Wildman–Crippen LogP) is 4.75. The van der Waals surface area contributed by atoms with E-state index in [2.05, 4.69) is 17.2 Å². The maximum absolute atomic E-state index is 12.8. The molecule has 1 aromatic carbocycles. The highest BCUT2D eigenvalue weighted by molar-refractivity contribution is 6.07. The topological polar surface area (TPSA) is 51.2 Å². The zero-order valence-corrected chi connectivity index (χ0v) is 15.2. The van der Waals surface area contributed by atoms with E-state index in [1.807, 2.05) is 52.0 Å². The van der Waals surface area contributed by atoms with Gasteiger partial charge < -0.3 is 10.1 Å². The second-order valence-electron chi connectivity index (χ2n) is 6.13. The van der Waals surface area contributed by atoms with Gasteiger partial charge in [0, 0.05) is 17.4 Å². The molecule has 0 bridgehead atoms. The molecule has 0 radical (unpaired) electrons. The number of benzene rings is 1. The molecule has 0 aliphatic rings. The zero-order chi connectivity index (χ0) is 17.7. The third kappa shape index (κ3) is 4.13. The maximum Gasteiger partial charge on any atom is 0.261 e. The number of pyridine rings is 1. The fourth-order valence-electron chi connectivity index (χ4n) is 2.58. The Morgan fingerprint density at radius 3 is 2.67 bits per heavy atom. The standard InChI is InChI=1S/C20H26N2O2/c1-6-7-11-24-18-12-14(3)21-16(5)19(18)20(23)22-17-10-8-9-13(2)15(17)4/h8-10,12H,6-7,11H2,1-5H3,(H,22,23). The van der Waals surface area contributed by atoms with Crippen molar-refractivity contribution in [3.05, 3.63) is 52.3 Å². The van der Waals surface area contributed by atoms with Crippen molar-refractivity contribution in [1.29, 1.82) is 0 Å². The molecule has 0 fully saturated rings. The molecule has 2 aromatic rings. The van der Waals surface area contributed by atoms with E-state index in [0.717, 1.165) is 35.3 Å². The number of anilines is 1. The number of rotatable bonds is 6. The Hall–Kier alpha value is -2.36. The second-order valence-corrected chi connectivity index (χ2v) is 6.13. The van der Waals surface area contributed by atoms with Gasteiger partial charge in [-0.25, -0.2) is 0 Å². The van der Waals surface area contributed by atoms with Gasteiger partial charge in [-0.3, -0.25) is 9.78 Å². The molecule has 4 nitrogen and oxygen atoms in total. The van der Waals surface area contributed by atoms with E-state index in [1.54, 1.807) is 0 Å². The van der Waals surface area contributed by atoms with E-state index >= 15 is 0 Å². The van der Waals surface area contributed by atoms with Crippen LogP contribution in [0.15, 0.2) is 24.3 Å². The second kappa shape index (κ2) is 7.95. The monoisotopic (exact) mass is 326 g/mol. The van der Waals surface area contributed by atoms with Crippen molar-refractivity contribution in [3.8, 4) is 5.75 Å². The van der Waals surface area contributed by atoms with E-state index in [-0.39, 0.29) is 5.91 Å². The summed E-state index contributed by atoms with van der Waals surface area (Å²) < 4.78 is 5.85. The molecule has 0 spiro atoms. The molecule has 0 unspecified atom stereocenters. The molecule has 24 heavy (non-hydrogen) atoms.